The topological polar surface area (TPSA) is 0 Å². The van der Waals surface area contributed by atoms with Crippen LogP contribution in [0.3, 0.4) is 0 Å². The van der Waals surface area contributed by atoms with Gasteiger partial charge in [0.2, 0.25) is 0 Å². The van der Waals surface area contributed by atoms with Gasteiger partial charge in [-0.25, -0.2) is 0 Å². The molecule has 2 unspecified atom stereocenters. The summed E-state index contributed by atoms with van der Waals surface area (Å²) in [6.07, 6.45) is 22.8. The quantitative estimate of drug-likeness (QED) is 0.169. The third-order valence-electron chi connectivity index (χ3n) is 9.75. The van der Waals surface area contributed by atoms with Crippen molar-refractivity contribution in [3.05, 3.63) is 73.1 Å². The second-order valence-corrected chi connectivity index (χ2v) is 19.3. The molecule has 0 saturated carbocycles. The molecule has 40 heavy (non-hydrogen) atoms. The van der Waals surface area contributed by atoms with Crippen LogP contribution in [0.1, 0.15) is 157 Å². The van der Waals surface area contributed by atoms with Crippen molar-refractivity contribution in [1.82, 2.24) is 0 Å². The third-order valence-corrected chi connectivity index (χ3v) is 18.1. The molecule has 2 aliphatic rings. The van der Waals surface area contributed by atoms with E-state index >= 15 is 0 Å². The molecular formula is C39H56Zr. The molecule has 0 bridgehead atoms. The third kappa shape index (κ3) is 6.67. The van der Waals surface area contributed by atoms with Gasteiger partial charge in [0.05, 0.1) is 0 Å². The number of hydrogen-bond donors (Lipinski definition) is 0. The van der Waals surface area contributed by atoms with Crippen LogP contribution in [-0.4, -0.2) is 3.21 Å². The number of hydrogen-bond acceptors (Lipinski definition) is 0. The fourth-order valence-corrected chi connectivity index (χ4v) is 16.4. The molecule has 0 spiro atoms. The number of benzene rings is 2. The molecule has 2 atom stereocenters. The Morgan fingerprint density at radius 3 is 2.00 bits per heavy atom. The zero-order chi connectivity index (χ0) is 28.8. The molecule has 0 saturated heterocycles. The zero-order valence-corrected chi connectivity index (χ0v) is 29.6. The summed E-state index contributed by atoms with van der Waals surface area (Å²) >= 11 is -2.27. The molecule has 0 nitrogen and oxygen atoms in total. The van der Waals surface area contributed by atoms with Crippen molar-refractivity contribution in [2.45, 2.75) is 144 Å². The van der Waals surface area contributed by atoms with Crippen LogP contribution in [0.4, 0.5) is 0 Å². The van der Waals surface area contributed by atoms with E-state index in [1.807, 2.05) is 9.76 Å². The number of unbranched alkanes of at least 4 members (excludes halogenated alkanes) is 2. The van der Waals surface area contributed by atoms with Crippen LogP contribution < -0.4 is 3.27 Å². The van der Waals surface area contributed by atoms with Crippen molar-refractivity contribution in [2.75, 3.05) is 0 Å². The van der Waals surface area contributed by atoms with E-state index in [4.69, 9.17) is 0 Å². The molecule has 0 N–H and O–H groups in total. The minimum absolute atomic E-state index is 0.622. The summed E-state index contributed by atoms with van der Waals surface area (Å²) < 4.78 is 5.71. The molecule has 2 aliphatic carbocycles. The van der Waals surface area contributed by atoms with Crippen LogP contribution in [0.15, 0.2) is 39.7 Å². The summed E-state index contributed by atoms with van der Waals surface area (Å²) in [6, 6.07) is 7.87. The fraction of sp³-hybridized carbons (Fsp3) is 0.564. The molecule has 0 amide bonds. The Kier molecular flexibility index (Phi) is 11.6. The number of aryl methyl sites for hydroxylation is 1. The Balaban J connectivity index is 2.02. The number of fused-ring (bicyclic) bond motifs is 3. The Labute approximate surface area is 254 Å². The first-order valence-electron chi connectivity index (χ1n) is 16.7. The number of rotatable bonds is 14. The van der Waals surface area contributed by atoms with Gasteiger partial charge in [-0.15, -0.1) is 0 Å². The van der Waals surface area contributed by atoms with E-state index in [1.165, 1.54) is 76.2 Å². The van der Waals surface area contributed by atoms with E-state index in [2.05, 4.69) is 91.8 Å². The molecule has 2 aromatic rings. The van der Waals surface area contributed by atoms with Crippen molar-refractivity contribution >= 4 is 6.48 Å². The van der Waals surface area contributed by atoms with Crippen LogP contribution in [-0.2, 0) is 27.7 Å². The molecule has 2 aromatic carbocycles. The summed E-state index contributed by atoms with van der Waals surface area (Å²) in [4.78, 5) is 0. The van der Waals surface area contributed by atoms with Crippen LogP contribution in [0.25, 0.3) is 11.1 Å². The van der Waals surface area contributed by atoms with Crippen LogP contribution in [0, 0.1) is 13.8 Å². The molecule has 0 aliphatic heterocycles. The summed E-state index contributed by atoms with van der Waals surface area (Å²) in [7, 11) is 0. The average molecular weight is 616 g/mol. The van der Waals surface area contributed by atoms with Crippen molar-refractivity contribution in [3.63, 3.8) is 0 Å². The first kappa shape index (κ1) is 31.6. The number of allylic oxidation sites excluding steroid dienone is 4. The van der Waals surface area contributed by atoms with Crippen LogP contribution >= 0.6 is 0 Å². The van der Waals surface area contributed by atoms with E-state index in [1.54, 1.807) is 38.9 Å². The van der Waals surface area contributed by atoms with E-state index < -0.39 is 21.3 Å². The fourth-order valence-electron chi connectivity index (χ4n) is 7.56. The van der Waals surface area contributed by atoms with Crippen molar-refractivity contribution in [3.8, 4) is 11.1 Å². The molecular weight excluding hydrogens is 560 g/mol. The first-order valence-corrected chi connectivity index (χ1v) is 20.4. The SMILES string of the molecule is CCCC[C](CCCC)=[Zr]([C]1=CC=CC1)[c]1c(C)c(C(C)CCC)cc2c1Cc1cc(C)c(C(C)CCC)cc1-2. The van der Waals surface area contributed by atoms with Gasteiger partial charge < -0.3 is 0 Å². The molecule has 4 rings (SSSR count). The van der Waals surface area contributed by atoms with Gasteiger partial charge in [0.15, 0.2) is 0 Å². The monoisotopic (exact) mass is 614 g/mol. The van der Waals surface area contributed by atoms with Gasteiger partial charge in [0.1, 0.15) is 0 Å². The Morgan fingerprint density at radius 1 is 0.800 bits per heavy atom. The summed E-state index contributed by atoms with van der Waals surface area (Å²) in [5.41, 5.74) is 12.9. The van der Waals surface area contributed by atoms with Crippen LogP contribution in [0.5, 0.6) is 0 Å². The molecule has 0 heterocycles. The summed E-state index contributed by atoms with van der Waals surface area (Å²) in [6.45, 7) is 19.3. The average Bonchev–Trinajstić information content (AvgIpc) is 3.58. The first-order chi connectivity index (χ1) is 19.4. The van der Waals surface area contributed by atoms with Crippen molar-refractivity contribution in [2.24, 2.45) is 0 Å². The molecule has 0 radical (unpaired) electrons. The van der Waals surface area contributed by atoms with Crippen molar-refractivity contribution in [1.29, 1.82) is 0 Å². The molecule has 0 fully saturated rings. The standard InChI is InChI=1S/C25H33.C9H18.C5H5.Zr/c1-7-9-16(3)22-14-24-20(11-18(22)5)13-21-12-19(6)23(15-25(21)24)17(4)10-8-2;1-3-5-7-9-8-6-4-2;1-2-4-5-3-1;/h11,14-17H,7-10,13H2,1-6H3;3-8H2,1-2H3;1-3H,4H2;. The predicted molar refractivity (Wildman–Crippen MR) is 176 cm³/mol. The van der Waals surface area contributed by atoms with E-state index in [9.17, 15) is 0 Å². The molecule has 1 heteroatoms. The van der Waals surface area contributed by atoms with Gasteiger partial charge >= 0.3 is 256 Å². The molecule has 216 valence electrons. The Bertz CT molecular complexity index is 1270. The summed E-state index contributed by atoms with van der Waals surface area (Å²) in [5.74, 6) is 1.25. The second-order valence-electron chi connectivity index (χ2n) is 12.9. The Morgan fingerprint density at radius 2 is 1.43 bits per heavy atom. The summed E-state index contributed by atoms with van der Waals surface area (Å²) in [5, 5.41) is 0. The zero-order valence-electron chi connectivity index (χ0n) is 27.1. The van der Waals surface area contributed by atoms with Gasteiger partial charge in [0.25, 0.3) is 0 Å². The Hall–Kier alpha value is -1.33. The van der Waals surface area contributed by atoms with Gasteiger partial charge in [0, 0.05) is 0 Å². The maximum absolute atomic E-state index is 2.67. The van der Waals surface area contributed by atoms with E-state index in [-0.39, 0.29) is 0 Å². The van der Waals surface area contributed by atoms with Gasteiger partial charge in [-0.1, -0.05) is 0 Å². The minimum atomic E-state index is -2.27. The molecule has 0 aromatic heterocycles. The van der Waals surface area contributed by atoms with Gasteiger partial charge in [-0.05, 0) is 0 Å². The van der Waals surface area contributed by atoms with Crippen molar-refractivity contribution < 1.29 is 21.3 Å². The predicted octanol–water partition coefficient (Wildman–Crippen LogP) is 11.3. The maximum atomic E-state index is 2.67. The normalized spacial score (nSPS) is 15.2. The van der Waals surface area contributed by atoms with E-state index in [0.717, 1.165) is 6.42 Å². The second kappa shape index (κ2) is 14.7. The van der Waals surface area contributed by atoms with Crippen LogP contribution in [0.2, 0.25) is 0 Å². The van der Waals surface area contributed by atoms with E-state index in [0.29, 0.717) is 11.8 Å². The van der Waals surface area contributed by atoms with Gasteiger partial charge in [-0.2, -0.15) is 0 Å². The van der Waals surface area contributed by atoms with Gasteiger partial charge in [-0.3, -0.25) is 0 Å².